The summed E-state index contributed by atoms with van der Waals surface area (Å²) in [6, 6.07) is 3.95. The van der Waals surface area contributed by atoms with Gasteiger partial charge < -0.3 is 20.9 Å². The van der Waals surface area contributed by atoms with E-state index in [2.05, 4.69) is 10.2 Å². The predicted molar refractivity (Wildman–Crippen MR) is 68.9 cm³/mol. The molecule has 1 aromatic carbocycles. The van der Waals surface area contributed by atoms with Crippen LogP contribution in [0.1, 0.15) is 0 Å². The normalized spacial score (nSPS) is 16.7. The van der Waals surface area contributed by atoms with Crippen LogP contribution in [0.5, 0.6) is 0 Å². The number of piperazine rings is 1. The summed E-state index contributed by atoms with van der Waals surface area (Å²) in [7, 11) is 2.01. The zero-order valence-corrected chi connectivity index (χ0v) is 10.3. The van der Waals surface area contributed by atoms with E-state index >= 15 is 0 Å². The number of rotatable bonds is 1. The molecule has 1 heterocycles. The largest absolute Gasteiger partial charge is 0.399 e. The molecule has 0 spiro atoms. The molecular weight excluding hydrogens is 235 g/mol. The Balaban J connectivity index is 1.98. The fraction of sp³-hybridized carbons (Fsp3) is 0.417. The van der Waals surface area contributed by atoms with Gasteiger partial charge in [0.15, 0.2) is 0 Å². The molecule has 18 heavy (non-hydrogen) atoms. The number of halogens is 1. The van der Waals surface area contributed by atoms with E-state index in [1.54, 1.807) is 11.0 Å². The minimum absolute atomic E-state index is 0.160. The van der Waals surface area contributed by atoms with Crippen LogP contribution in [-0.4, -0.2) is 49.1 Å². The zero-order chi connectivity index (χ0) is 13.1. The van der Waals surface area contributed by atoms with Gasteiger partial charge in [-0.15, -0.1) is 0 Å². The second kappa shape index (κ2) is 5.22. The van der Waals surface area contributed by atoms with Crippen LogP contribution in [0.3, 0.4) is 0 Å². The predicted octanol–water partition coefficient (Wildman–Crippen LogP) is 1.19. The SMILES string of the molecule is CN1CCN(C(=O)Nc2ccc(N)cc2F)CC1. The second-order valence-electron chi connectivity index (χ2n) is 4.46. The number of hydrogen-bond donors (Lipinski definition) is 2. The van der Waals surface area contributed by atoms with Crippen LogP contribution < -0.4 is 11.1 Å². The molecule has 0 saturated carbocycles. The van der Waals surface area contributed by atoms with Gasteiger partial charge in [-0.3, -0.25) is 0 Å². The number of amides is 2. The topological polar surface area (TPSA) is 61.6 Å². The number of benzene rings is 1. The number of anilines is 2. The summed E-state index contributed by atoms with van der Waals surface area (Å²) in [4.78, 5) is 15.7. The van der Waals surface area contributed by atoms with E-state index in [0.717, 1.165) is 13.1 Å². The van der Waals surface area contributed by atoms with Gasteiger partial charge in [0.1, 0.15) is 5.82 Å². The first kappa shape index (κ1) is 12.6. The van der Waals surface area contributed by atoms with Crippen molar-refractivity contribution in [2.75, 3.05) is 44.3 Å². The Morgan fingerprint density at radius 1 is 1.33 bits per heavy atom. The van der Waals surface area contributed by atoms with E-state index in [1.165, 1.54) is 12.1 Å². The van der Waals surface area contributed by atoms with E-state index in [1.807, 2.05) is 7.05 Å². The highest BCUT2D eigenvalue weighted by Gasteiger charge is 2.19. The number of nitrogens with two attached hydrogens (primary N) is 1. The van der Waals surface area contributed by atoms with Gasteiger partial charge in [0.05, 0.1) is 5.69 Å². The van der Waals surface area contributed by atoms with Crippen LogP contribution in [0.2, 0.25) is 0 Å². The van der Waals surface area contributed by atoms with Crippen molar-refractivity contribution in [3.05, 3.63) is 24.0 Å². The van der Waals surface area contributed by atoms with E-state index in [4.69, 9.17) is 5.73 Å². The molecule has 5 nitrogen and oxygen atoms in total. The number of hydrogen-bond acceptors (Lipinski definition) is 3. The molecule has 1 fully saturated rings. The lowest BCUT2D eigenvalue weighted by Crippen LogP contribution is -2.48. The number of carbonyl (C=O) groups excluding carboxylic acids is 1. The minimum Gasteiger partial charge on any atom is -0.399 e. The minimum atomic E-state index is -0.516. The number of likely N-dealkylation sites (N-methyl/N-ethyl adjacent to an activating group) is 1. The second-order valence-corrected chi connectivity index (χ2v) is 4.46. The van der Waals surface area contributed by atoms with E-state index < -0.39 is 5.82 Å². The van der Waals surface area contributed by atoms with E-state index in [9.17, 15) is 9.18 Å². The fourth-order valence-corrected chi connectivity index (χ4v) is 1.84. The first-order valence-electron chi connectivity index (χ1n) is 5.86. The lowest BCUT2D eigenvalue weighted by Gasteiger charge is -2.32. The number of carbonyl (C=O) groups is 1. The van der Waals surface area contributed by atoms with Crippen LogP contribution >= 0.6 is 0 Å². The summed E-state index contributed by atoms with van der Waals surface area (Å²) in [6.07, 6.45) is 0. The van der Waals surface area contributed by atoms with Crippen molar-refractivity contribution in [1.29, 1.82) is 0 Å². The highest BCUT2D eigenvalue weighted by molar-refractivity contribution is 5.89. The average Bonchev–Trinajstić information content (AvgIpc) is 2.33. The first-order valence-corrected chi connectivity index (χ1v) is 5.86. The molecule has 6 heteroatoms. The molecule has 0 atom stereocenters. The molecule has 1 aliphatic rings. The molecule has 98 valence electrons. The standard InChI is InChI=1S/C12H17FN4O/c1-16-4-6-17(7-5-16)12(18)15-11-3-2-9(14)8-10(11)13/h2-3,8H,4-7,14H2,1H3,(H,15,18). The van der Waals surface area contributed by atoms with Crippen molar-refractivity contribution in [2.24, 2.45) is 0 Å². The molecule has 0 aliphatic carbocycles. The smallest absolute Gasteiger partial charge is 0.322 e. The third kappa shape index (κ3) is 2.89. The van der Waals surface area contributed by atoms with Gasteiger partial charge in [0.2, 0.25) is 0 Å². The van der Waals surface area contributed by atoms with Crippen molar-refractivity contribution in [1.82, 2.24) is 9.80 Å². The third-order valence-electron chi connectivity index (χ3n) is 3.03. The fourth-order valence-electron chi connectivity index (χ4n) is 1.84. The van der Waals surface area contributed by atoms with Crippen LogP contribution in [0.4, 0.5) is 20.6 Å². The molecule has 0 bridgehead atoms. The van der Waals surface area contributed by atoms with E-state index in [-0.39, 0.29) is 11.7 Å². The maximum Gasteiger partial charge on any atom is 0.322 e. The number of nitrogens with one attached hydrogen (secondary N) is 1. The van der Waals surface area contributed by atoms with E-state index in [0.29, 0.717) is 18.8 Å². The summed E-state index contributed by atoms with van der Waals surface area (Å²) >= 11 is 0. The summed E-state index contributed by atoms with van der Waals surface area (Å²) in [5, 5.41) is 2.56. The Labute approximate surface area is 105 Å². The Bertz CT molecular complexity index is 444. The van der Waals surface area contributed by atoms with Crippen LogP contribution in [-0.2, 0) is 0 Å². The molecule has 2 rings (SSSR count). The lowest BCUT2D eigenvalue weighted by atomic mass is 10.2. The number of nitrogens with zero attached hydrogens (tertiary/aromatic N) is 2. The van der Waals surface area contributed by atoms with Crippen molar-refractivity contribution in [3.8, 4) is 0 Å². The van der Waals surface area contributed by atoms with Gasteiger partial charge in [-0.1, -0.05) is 0 Å². The highest BCUT2D eigenvalue weighted by Crippen LogP contribution is 2.17. The summed E-state index contributed by atoms with van der Waals surface area (Å²) in [6.45, 7) is 2.97. The van der Waals surface area contributed by atoms with Crippen molar-refractivity contribution in [2.45, 2.75) is 0 Å². The maximum absolute atomic E-state index is 13.5. The van der Waals surface area contributed by atoms with Gasteiger partial charge in [-0.2, -0.15) is 0 Å². The molecule has 1 aromatic rings. The molecule has 1 aliphatic heterocycles. The Kier molecular flexibility index (Phi) is 3.66. The Morgan fingerprint density at radius 3 is 2.61 bits per heavy atom. The van der Waals surface area contributed by atoms with Crippen molar-refractivity contribution >= 4 is 17.4 Å². The quantitative estimate of drug-likeness (QED) is 0.738. The Morgan fingerprint density at radius 2 is 2.00 bits per heavy atom. The summed E-state index contributed by atoms with van der Waals surface area (Å²) in [5.41, 5.74) is 5.95. The molecule has 1 saturated heterocycles. The van der Waals surface area contributed by atoms with Crippen LogP contribution in [0, 0.1) is 5.82 Å². The van der Waals surface area contributed by atoms with Crippen LogP contribution in [0.25, 0.3) is 0 Å². The molecule has 3 N–H and O–H groups in total. The number of nitrogen functional groups attached to an aromatic ring is 1. The van der Waals surface area contributed by atoms with Gasteiger partial charge >= 0.3 is 6.03 Å². The maximum atomic E-state index is 13.5. The van der Waals surface area contributed by atoms with Gasteiger partial charge in [-0.05, 0) is 25.2 Å². The molecule has 0 aromatic heterocycles. The summed E-state index contributed by atoms with van der Waals surface area (Å²) < 4.78 is 13.5. The summed E-state index contributed by atoms with van der Waals surface area (Å²) in [5.74, 6) is -0.516. The van der Waals surface area contributed by atoms with Gasteiger partial charge in [0, 0.05) is 31.9 Å². The molecule has 0 radical (unpaired) electrons. The molecule has 2 amide bonds. The Hall–Kier alpha value is -1.82. The third-order valence-corrected chi connectivity index (χ3v) is 3.03. The highest BCUT2D eigenvalue weighted by atomic mass is 19.1. The number of urea groups is 1. The average molecular weight is 252 g/mol. The van der Waals surface area contributed by atoms with Gasteiger partial charge in [-0.25, -0.2) is 9.18 Å². The van der Waals surface area contributed by atoms with Gasteiger partial charge in [0.25, 0.3) is 0 Å². The first-order chi connectivity index (χ1) is 8.56. The monoisotopic (exact) mass is 252 g/mol. The molecular formula is C12H17FN4O. The lowest BCUT2D eigenvalue weighted by molar-refractivity contribution is 0.164. The van der Waals surface area contributed by atoms with Crippen LogP contribution in [0.15, 0.2) is 18.2 Å². The van der Waals surface area contributed by atoms with Crippen molar-refractivity contribution in [3.63, 3.8) is 0 Å². The van der Waals surface area contributed by atoms with Crippen molar-refractivity contribution < 1.29 is 9.18 Å². The zero-order valence-electron chi connectivity index (χ0n) is 10.3. The molecule has 0 unspecified atom stereocenters.